The number of aliphatic hydroxyl groups is 1. The maximum atomic E-state index is 8.88. The third-order valence-corrected chi connectivity index (χ3v) is 1.16. The van der Waals surface area contributed by atoms with Crippen LogP contribution in [0.4, 0.5) is 0 Å². The molecule has 0 fully saturated rings. The highest BCUT2D eigenvalue weighted by atomic mass is 16.3. The highest BCUT2D eigenvalue weighted by Crippen LogP contribution is 2.02. The third-order valence-electron chi connectivity index (χ3n) is 1.16. The van der Waals surface area contributed by atoms with E-state index in [1.54, 1.807) is 13.1 Å². The predicted molar refractivity (Wildman–Crippen MR) is 32.9 cm³/mol. The van der Waals surface area contributed by atoms with E-state index in [2.05, 4.69) is 4.99 Å². The van der Waals surface area contributed by atoms with Gasteiger partial charge in [-0.15, -0.1) is 0 Å². The summed E-state index contributed by atoms with van der Waals surface area (Å²) in [5.74, 6) is 0. The Hall–Kier alpha value is -0.630. The Bertz CT molecular complexity index is 135. The Morgan fingerprint density at radius 3 is 2.88 bits per heavy atom. The molecule has 0 spiro atoms. The molecule has 1 aliphatic rings. The number of aliphatic imine (C=N–C) groups is 1. The van der Waals surface area contributed by atoms with Gasteiger partial charge in [0, 0.05) is 18.3 Å². The van der Waals surface area contributed by atoms with Crippen molar-refractivity contribution >= 4 is 5.71 Å². The lowest BCUT2D eigenvalue weighted by Crippen LogP contribution is -2.12. The van der Waals surface area contributed by atoms with E-state index in [1.807, 2.05) is 6.08 Å². The normalized spacial score (nSPS) is 21.0. The molecular weight excluding hydrogens is 102 g/mol. The molecule has 0 aliphatic carbocycles. The Balaban J connectivity index is 2.51. The molecule has 1 heterocycles. The number of allylic oxidation sites excluding steroid dienone is 1. The van der Waals surface area contributed by atoms with Gasteiger partial charge < -0.3 is 5.11 Å². The lowest BCUT2D eigenvalue weighted by Gasteiger charge is -1.99. The van der Waals surface area contributed by atoms with Crippen molar-refractivity contribution in [2.24, 2.45) is 4.99 Å². The first-order valence-electron chi connectivity index (χ1n) is 2.70. The maximum Gasteiger partial charge on any atom is 0.0896 e. The Morgan fingerprint density at radius 1 is 1.88 bits per heavy atom. The number of aliphatic hydroxyl groups excluding tert-OH is 1. The molecule has 0 amide bonds. The smallest absolute Gasteiger partial charge is 0.0896 e. The molecule has 2 heteroatoms. The van der Waals surface area contributed by atoms with Gasteiger partial charge in [0.15, 0.2) is 0 Å². The van der Waals surface area contributed by atoms with Gasteiger partial charge in [0.25, 0.3) is 0 Å². The highest BCUT2D eigenvalue weighted by molar-refractivity contribution is 5.91. The zero-order chi connectivity index (χ0) is 5.98. The average Bonchev–Trinajstić information content (AvgIpc) is 2.12. The standard InChI is InChI=1S/C6H9NO/c1-5(8)6-3-2-4-7-6/h2,4-5,8H,3H2,1H3/t5-/m1/s1. The highest BCUT2D eigenvalue weighted by Gasteiger charge is 2.05. The molecule has 8 heavy (non-hydrogen) atoms. The summed E-state index contributed by atoms with van der Waals surface area (Å²) in [6, 6.07) is 0. The van der Waals surface area contributed by atoms with Crippen LogP contribution in [0.1, 0.15) is 13.3 Å². The molecule has 1 N–H and O–H groups in total. The molecule has 44 valence electrons. The van der Waals surface area contributed by atoms with Gasteiger partial charge in [0.2, 0.25) is 0 Å². The summed E-state index contributed by atoms with van der Waals surface area (Å²) in [6.07, 6.45) is 4.10. The fraction of sp³-hybridized carbons (Fsp3) is 0.500. The molecule has 0 saturated heterocycles. The third kappa shape index (κ3) is 0.954. The molecular formula is C6H9NO. The largest absolute Gasteiger partial charge is 0.387 e. The second kappa shape index (κ2) is 2.09. The Kier molecular flexibility index (Phi) is 1.44. The summed E-state index contributed by atoms with van der Waals surface area (Å²) < 4.78 is 0. The van der Waals surface area contributed by atoms with Crippen molar-refractivity contribution in [3.63, 3.8) is 0 Å². The van der Waals surface area contributed by atoms with Gasteiger partial charge in [-0.1, -0.05) is 6.08 Å². The van der Waals surface area contributed by atoms with E-state index >= 15 is 0 Å². The van der Waals surface area contributed by atoms with Gasteiger partial charge in [0.1, 0.15) is 0 Å². The van der Waals surface area contributed by atoms with Crippen LogP contribution in [0, 0.1) is 0 Å². The van der Waals surface area contributed by atoms with E-state index in [0.29, 0.717) is 0 Å². The molecule has 1 rings (SSSR count). The SMILES string of the molecule is C[C@@H](O)C1=NC=CC1. The minimum atomic E-state index is -0.370. The molecule has 0 aromatic rings. The fourth-order valence-corrected chi connectivity index (χ4v) is 0.653. The summed E-state index contributed by atoms with van der Waals surface area (Å²) in [5, 5.41) is 8.88. The van der Waals surface area contributed by atoms with Crippen LogP contribution in [0.3, 0.4) is 0 Å². The molecule has 0 saturated carbocycles. The quantitative estimate of drug-likeness (QED) is 0.531. The van der Waals surface area contributed by atoms with Crippen LogP contribution in [-0.2, 0) is 0 Å². The van der Waals surface area contributed by atoms with Gasteiger partial charge in [0.05, 0.1) is 6.10 Å². The van der Waals surface area contributed by atoms with E-state index < -0.39 is 0 Å². The van der Waals surface area contributed by atoms with E-state index in [-0.39, 0.29) is 6.10 Å². The van der Waals surface area contributed by atoms with Crippen molar-refractivity contribution in [1.29, 1.82) is 0 Å². The van der Waals surface area contributed by atoms with Crippen molar-refractivity contribution in [2.45, 2.75) is 19.4 Å². The average molecular weight is 111 g/mol. The van der Waals surface area contributed by atoms with Crippen molar-refractivity contribution in [1.82, 2.24) is 0 Å². The second-order valence-corrected chi connectivity index (χ2v) is 1.89. The first-order chi connectivity index (χ1) is 3.80. The first kappa shape index (κ1) is 5.51. The number of hydrogen-bond donors (Lipinski definition) is 1. The lowest BCUT2D eigenvalue weighted by atomic mass is 10.2. The second-order valence-electron chi connectivity index (χ2n) is 1.89. The van der Waals surface area contributed by atoms with Crippen LogP contribution in [0.25, 0.3) is 0 Å². The van der Waals surface area contributed by atoms with Gasteiger partial charge in [-0.05, 0) is 6.92 Å². The van der Waals surface area contributed by atoms with Gasteiger partial charge in [-0.2, -0.15) is 0 Å². The lowest BCUT2D eigenvalue weighted by molar-refractivity contribution is 0.261. The molecule has 0 aromatic carbocycles. The van der Waals surface area contributed by atoms with Crippen LogP contribution < -0.4 is 0 Å². The van der Waals surface area contributed by atoms with Crippen LogP contribution in [0.5, 0.6) is 0 Å². The molecule has 0 bridgehead atoms. The van der Waals surface area contributed by atoms with Crippen molar-refractivity contribution in [3.8, 4) is 0 Å². The van der Waals surface area contributed by atoms with E-state index in [4.69, 9.17) is 5.11 Å². The summed E-state index contributed by atoms with van der Waals surface area (Å²) >= 11 is 0. The zero-order valence-electron chi connectivity index (χ0n) is 4.83. The van der Waals surface area contributed by atoms with Gasteiger partial charge in [-0.3, -0.25) is 4.99 Å². The molecule has 0 aromatic heterocycles. The first-order valence-corrected chi connectivity index (χ1v) is 2.70. The monoisotopic (exact) mass is 111 g/mol. The molecule has 0 radical (unpaired) electrons. The summed E-state index contributed by atoms with van der Waals surface area (Å²) in [6.45, 7) is 1.73. The molecule has 1 atom stereocenters. The van der Waals surface area contributed by atoms with Gasteiger partial charge >= 0.3 is 0 Å². The van der Waals surface area contributed by atoms with Crippen molar-refractivity contribution in [2.75, 3.05) is 0 Å². The van der Waals surface area contributed by atoms with Crippen molar-refractivity contribution < 1.29 is 5.11 Å². The zero-order valence-corrected chi connectivity index (χ0v) is 4.83. The van der Waals surface area contributed by atoms with Crippen LogP contribution in [0.2, 0.25) is 0 Å². The molecule has 2 nitrogen and oxygen atoms in total. The van der Waals surface area contributed by atoms with Gasteiger partial charge in [-0.25, -0.2) is 0 Å². The van der Waals surface area contributed by atoms with E-state index in [9.17, 15) is 0 Å². The fourth-order valence-electron chi connectivity index (χ4n) is 0.653. The predicted octanol–water partition coefficient (Wildman–Crippen LogP) is 0.726. The number of rotatable bonds is 1. The minimum absolute atomic E-state index is 0.370. The maximum absolute atomic E-state index is 8.88. The molecule has 0 unspecified atom stereocenters. The van der Waals surface area contributed by atoms with Crippen molar-refractivity contribution in [3.05, 3.63) is 12.3 Å². The summed E-state index contributed by atoms with van der Waals surface area (Å²) in [5.41, 5.74) is 0.866. The molecule has 1 aliphatic heterocycles. The van der Waals surface area contributed by atoms with Crippen LogP contribution >= 0.6 is 0 Å². The Labute approximate surface area is 48.6 Å². The Morgan fingerprint density at radius 2 is 2.62 bits per heavy atom. The number of nitrogens with zero attached hydrogens (tertiary/aromatic N) is 1. The van der Waals surface area contributed by atoms with Crippen LogP contribution in [0.15, 0.2) is 17.3 Å². The summed E-state index contributed by atoms with van der Waals surface area (Å²) in [7, 11) is 0. The topological polar surface area (TPSA) is 32.6 Å². The van der Waals surface area contributed by atoms with E-state index in [0.717, 1.165) is 12.1 Å². The van der Waals surface area contributed by atoms with E-state index in [1.165, 1.54) is 0 Å². The minimum Gasteiger partial charge on any atom is -0.387 e. The summed E-state index contributed by atoms with van der Waals surface area (Å²) in [4.78, 5) is 3.92. The number of hydrogen-bond acceptors (Lipinski definition) is 2. The van der Waals surface area contributed by atoms with Crippen LogP contribution in [-0.4, -0.2) is 16.9 Å².